The lowest BCUT2D eigenvalue weighted by Crippen LogP contribution is -2.42. The average Bonchev–Trinajstić information content (AvgIpc) is 3.20. The number of benzene rings is 2. The second-order valence-electron chi connectivity index (χ2n) is 9.79. The second-order valence-corrected chi connectivity index (χ2v) is 11.8. The number of carbonyl (C=O) groups is 1. The Balaban J connectivity index is 1.37. The lowest BCUT2D eigenvalue weighted by atomic mass is 9.98. The highest BCUT2D eigenvalue weighted by Crippen LogP contribution is 2.30. The number of amides is 1. The predicted octanol–water partition coefficient (Wildman–Crippen LogP) is 5.06. The van der Waals surface area contributed by atoms with Gasteiger partial charge in [0.05, 0.1) is 11.5 Å². The van der Waals surface area contributed by atoms with Gasteiger partial charge in [-0.2, -0.15) is 0 Å². The molecule has 8 nitrogen and oxygen atoms in total. The summed E-state index contributed by atoms with van der Waals surface area (Å²) in [5, 5.41) is 0. The normalized spacial score (nSPS) is 15.4. The molecule has 0 saturated carbocycles. The number of fused-ring (bicyclic) bond motifs is 1. The van der Waals surface area contributed by atoms with Crippen molar-refractivity contribution in [3.8, 4) is 17.2 Å². The molecule has 2 heterocycles. The number of sulfone groups is 1. The zero-order valence-corrected chi connectivity index (χ0v) is 21.0. The summed E-state index contributed by atoms with van der Waals surface area (Å²) >= 11 is 0. The van der Waals surface area contributed by atoms with E-state index in [-0.39, 0.29) is 28.5 Å². The molecule has 1 amide bonds. The van der Waals surface area contributed by atoms with Gasteiger partial charge in [0.25, 0.3) is 0 Å². The highest BCUT2D eigenvalue weighted by molar-refractivity contribution is 7.90. The van der Waals surface area contributed by atoms with Gasteiger partial charge in [0.1, 0.15) is 11.1 Å². The molecule has 188 valence electrons. The molecule has 1 aliphatic heterocycles. The number of nitrogens with zero attached hydrogens (tertiary/aromatic N) is 2. The van der Waals surface area contributed by atoms with Crippen LogP contribution in [0, 0.1) is 11.7 Å². The zero-order valence-electron chi connectivity index (χ0n) is 20.2. The summed E-state index contributed by atoms with van der Waals surface area (Å²) in [6, 6.07) is 8.86. The molecule has 35 heavy (non-hydrogen) atoms. The first-order valence-electron chi connectivity index (χ1n) is 11.4. The third kappa shape index (κ3) is 6.11. The van der Waals surface area contributed by atoms with E-state index in [1.807, 2.05) is 20.8 Å². The van der Waals surface area contributed by atoms with E-state index in [4.69, 9.17) is 13.9 Å². The molecule has 0 N–H and O–H groups in total. The van der Waals surface area contributed by atoms with E-state index in [1.165, 1.54) is 30.3 Å². The van der Waals surface area contributed by atoms with Crippen molar-refractivity contribution in [3.63, 3.8) is 0 Å². The lowest BCUT2D eigenvalue weighted by Gasteiger charge is -2.33. The molecule has 1 fully saturated rings. The molecule has 1 aliphatic rings. The number of carbonyl (C=O) groups excluding carboxylic acids is 1. The van der Waals surface area contributed by atoms with Crippen LogP contribution in [0.25, 0.3) is 22.6 Å². The fraction of sp³-hybridized carbons (Fsp3) is 0.440. The molecular weight excluding hydrogens is 475 g/mol. The van der Waals surface area contributed by atoms with Crippen LogP contribution in [0.3, 0.4) is 0 Å². The molecular formula is C25H29FN2O6S. The number of aromatic nitrogens is 1. The number of hydrogen-bond acceptors (Lipinski definition) is 7. The zero-order chi connectivity index (χ0) is 25.4. The maximum Gasteiger partial charge on any atom is 0.410 e. The summed E-state index contributed by atoms with van der Waals surface area (Å²) in [6.07, 6.45) is 2.30. The predicted molar refractivity (Wildman–Crippen MR) is 129 cm³/mol. The van der Waals surface area contributed by atoms with Crippen molar-refractivity contribution >= 4 is 27.0 Å². The van der Waals surface area contributed by atoms with Crippen molar-refractivity contribution in [1.29, 1.82) is 0 Å². The number of hydrogen-bond donors (Lipinski definition) is 0. The Labute approximate surface area is 203 Å². The van der Waals surface area contributed by atoms with Gasteiger partial charge in [-0.15, -0.1) is 0 Å². The van der Waals surface area contributed by atoms with Crippen LogP contribution in [0.1, 0.15) is 33.6 Å². The standard InChI is InChI=1S/C25H29FN2O6S/c1-25(2,3)34-24(29)28-11-9-16(10-12-28)15-32-21-7-5-17(13-19(21)26)23-27-20-14-18(35(4,30)31)6-8-22(20)33-23/h5-8,13-14,16H,9-12,15H2,1-4H3. The van der Waals surface area contributed by atoms with E-state index in [1.54, 1.807) is 11.0 Å². The summed E-state index contributed by atoms with van der Waals surface area (Å²) in [5.41, 5.74) is 0.669. The smallest absolute Gasteiger partial charge is 0.410 e. The van der Waals surface area contributed by atoms with E-state index in [0.29, 0.717) is 36.4 Å². The summed E-state index contributed by atoms with van der Waals surface area (Å²) in [4.78, 5) is 18.3. The van der Waals surface area contributed by atoms with Crippen molar-refractivity contribution in [2.24, 2.45) is 5.92 Å². The molecule has 3 aromatic rings. The molecule has 0 unspecified atom stereocenters. The van der Waals surface area contributed by atoms with Crippen molar-refractivity contribution in [3.05, 3.63) is 42.2 Å². The SMILES string of the molecule is CC(C)(C)OC(=O)N1CCC(COc2ccc(-c3nc4cc(S(C)(=O)=O)ccc4o3)cc2F)CC1. The highest BCUT2D eigenvalue weighted by atomic mass is 32.2. The van der Waals surface area contributed by atoms with Crippen molar-refractivity contribution in [1.82, 2.24) is 9.88 Å². The van der Waals surface area contributed by atoms with Crippen LogP contribution in [-0.4, -0.2) is 55.9 Å². The minimum atomic E-state index is -3.38. The van der Waals surface area contributed by atoms with Crippen LogP contribution >= 0.6 is 0 Å². The molecule has 1 aromatic heterocycles. The summed E-state index contributed by atoms with van der Waals surface area (Å²) in [6.45, 7) is 7.00. The number of halogens is 1. The number of piperidine rings is 1. The van der Waals surface area contributed by atoms with Crippen molar-refractivity contribution in [2.75, 3.05) is 26.0 Å². The number of rotatable bonds is 5. The number of oxazole rings is 1. The molecule has 0 aliphatic carbocycles. The van der Waals surface area contributed by atoms with E-state index < -0.39 is 21.3 Å². The molecule has 10 heteroatoms. The highest BCUT2D eigenvalue weighted by Gasteiger charge is 2.27. The molecule has 0 radical (unpaired) electrons. The summed E-state index contributed by atoms with van der Waals surface area (Å²) in [7, 11) is -3.38. The first kappa shape index (κ1) is 25.0. The van der Waals surface area contributed by atoms with Gasteiger partial charge in [0, 0.05) is 24.9 Å². The quantitative estimate of drug-likeness (QED) is 0.479. The van der Waals surface area contributed by atoms with Crippen LogP contribution < -0.4 is 4.74 Å². The van der Waals surface area contributed by atoms with Gasteiger partial charge in [-0.05, 0) is 75.9 Å². The van der Waals surface area contributed by atoms with E-state index >= 15 is 0 Å². The first-order chi connectivity index (χ1) is 16.4. The minimum Gasteiger partial charge on any atom is -0.490 e. The largest absolute Gasteiger partial charge is 0.490 e. The summed E-state index contributed by atoms with van der Waals surface area (Å²) < 4.78 is 55.1. The van der Waals surface area contributed by atoms with Crippen LogP contribution in [-0.2, 0) is 14.6 Å². The third-order valence-corrected chi connectivity index (χ3v) is 6.82. The Morgan fingerprint density at radius 1 is 1.17 bits per heavy atom. The Bertz CT molecular complexity index is 1340. The maximum absolute atomic E-state index is 14.7. The Morgan fingerprint density at radius 2 is 1.89 bits per heavy atom. The van der Waals surface area contributed by atoms with Gasteiger partial charge >= 0.3 is 6.09 Å². The van der Waals surface area contributed by atoms with Gasteiger partial charge in [0.15, 0.2) is 27.0 Å². The monoisotopic (exact) mass is 504 g/mol. The van der Waals surface area contributed by atoms with Crippen molar-refractivity contribution < 1.29 is 31.5 Å². The van der Waals surface area contributed by atoms with Crippen LogP contribution in [0.2, 0.25) is 0 Å². The first-order valence-corrected chi connectivity index (χ1v) is 13.3. The van der Waals surface area contributed by atoms with Gasteiger partial charge in [-0.25, -0.2) is 22.6 Å². The minimum absolute atomic E-state index is 0.124. The molecule has 1 saturated heterocycles. The van der Waals surface area contributed by atoms with Crippen molar-refractivity contribution in [2.45, 2.75) is 44.1 Å². The molecule has 0 atom stereocenters. The molecule has 0 bridgehead atoms. The fourth-order valence-corrected chi connectivity index (χ4v) is 4.47. The van der Waals surface area contributed by atoms with Gasteiger partial charge in [-0.1, -0.05) is 0 Å². The molecule has 2 aromatic carbocycles. The van der Waals surface area contributed by atoms with Crippen LogP contribution in [0.5, 0.6) is 5.75 Å². The topological polar surface area (TPSA) is 98.9 Å². The lowest BCUT2D eigenvalue weighted by molar-refractivity contribution is 0.0164. The van der Waals surface area contributed by atoms with Gasteiger partial charge in [-0.3, -0.25) is 0 Å². The second kappa shape index (κ2) is 9.49. The number of ether oxygens (including phenoxy) is 2. The number of likely N-dealkylation sites (tertiary alicyclic amines) is 1. The Kier molecular flexibility index (Phi) is 6.77. The molecule has 4 rings (SSSR count). The van der Waals surface area contributed by atoms with Gasteiger partial charge < -0.3 is 18.8 Å². The Hall–Kier alpha value is -3.14. The van der Waals surface area contributed by atoms with Gasteiger partial charge in [0.2, 0.25) is 5.89 Å². The maximum atomic E-state index is 14.7. The van der Waals surface area contributed by atoms with E-state index in [2.05, 4.69) is 4.98 Å². The summed E-state index contributed by atoms with van der Waals surface area (Å²) in [5.74, 6) is -0.0361. The average molecular weight is 505 g/mol. The molecule has 0 spiro atoms. The third-order valence-electron chi connectivity index (χ3n) is 5.71. The fourth-order valence-electron chi connectivity index (χ4n) is 3.83. The van der Waals surface area contributed by atoms with Crippen LogP contribution in [0.4, 0.5) is 9.18 Å². The van der Waals surface area contributed by atoms with E-state index in [9.17, 15) is 17.6 Å². The van der Waals surface area contributed by atoms with E-state index in [0.717, 1.165) is 19.1 Å². The Morgan fingerprint density at radius 3 is 2.51 bits per heavy atom. The van der Waals surface area contributed by atoms with Crippen LogP contribution in [0.15, 0.2) is 45.7 Å².